The maximum absolute atomic E-state index is 11.9. The van der Waals surface area contributed by atoms with Gasteiger partial charge in [0.1, 0.15) is 9.77 Å². The molecule has 0 saturated heterocycles. The van der Waals surface area contributed by atoms with Crippen LogP contribution in [0.2, 0.25) is 0 Å². The van der Waals surface area contributed by atoms with E-state index in [0.29, 0.717) is 6.54 Å². The van der Waals surface area contributed by atoms with Crippen LogP contribution in [0.25, 0.3) is 0 Å². The minimum Gasteiger partial charge on any atom is -0.477 e. The molecule has 0 spiro atoms. The summed E-state index contributed by atoms with van der Waals surface area (Å²) in [7, 11) is -3.83. The molecule has 0 aliphatic carbocycles. The molecule has 0 saturated carbocycles. The average Bonchev–Trinajstić information content (AvgIpc) is 2.99. The topological polar surface area (TPSA) is 114 Å². The maximum atomic E-state index is 11.9. The Hall–Kier alpha value is -1.78. The second-order valence-electron chi connectivity index (χ2n) is 3.48. The van der Waals surface area contributed by atoms with Crippen LogP contribution in [0.15, 0.2) is 28.7 Å². The number of hydrogen-bond donors (Lipinski definition) is 2. The summed E-state index contributed by atoms with van der Waals surface area (Å²) in [5, 5.41) is 17.6. The number of carboxylic acids is 1. The number of sulfonamides is 1. The summed E-state index contributed by atoms with van der Waals surface area (Å²) in [6, 6.07) is 1.27. The van der Waals surface area contributed by atoms with E-state index in [2.05, 4.69) is 15.0 Å². The Balaban J connectivity index is 2.06. The van der Waals surface area contributed by atoms with Crippen molar-refractivity contribution in [1.29, 1.82) is 0 Å². The van der Waals surface area contributed by atoms with Gasteiger partial charge in [-0.05, 0) is 11.4 Å². The zero-order chi connectivity index (χ0) is 13.9. The first-order valence-electron chi connectivity index (χ1n) is 5.15. The predicted octanol–water partition coefficient (Wildman–Crippen LogP) is 0.0163. The van der Waals surface area contributed by atoms with E-state index in [-0.39, 0.29) is 16.3 Å². The van der Waals surface area contributed by atoms with Crippen molar-refractivity contribution in [3.8, 4) is 0 Å². The fourth-order valence-corrected chi connectivity index (χ4v) is 3.67. The Labute approximate surface area is 112 Å². The lowest BCUT2D eigenvalue weighted by atomic mass is 10.5. The number of rotatable bonds is 6. The maximum Gasteiger partial charge on any atom is 0.347 e. The highest BCUT2D eigenvalue weighted by atomic mass is 32.2. The fourth-order valence-electron chi connectivity index (χ4n) is 1.39. The highest BCUT2D eigenvalue weighted by Crippen LogP contribution is 2.21. The molecule has 0 bridgehead atoms. The van der Waals surface area contributed by atoms with Crippen LogP contribution >= 0.6 is 11.3 Å². The first-order valence-corrected chi connectivity index (χ1v) is 7.51. The molecule has 2 rings (SSSR count). The molecule has 0 radical (unpaired) electrons. The van der Waals surface area contributed by atoms with Crippen molar-refractivity contribution < 1.29 is 18.3 Å². The molecular formula is C9H10N4O4S2. The van der Waals surface area contributed by atoms with Gasteiger partial charge in [-0.25, -0.2) is 17.9 Å². The molecule has 2 heterocycles. The van der Waals surface area contributed by atoms with E-state index in [1.807, 2.05) is 0 Å². The zero-order valence-corrected chi connectivity index (χ0v) is 11.2. The normalized spacial score (nSPS) is 11.6. The van der Waals surface area contributed by atoms with Crippen LogP contribution in [0, 0.1) is 0 Å². The van der Waals surface area contributed by atoms with E-state index in [1.165, 1.54) is 22.3 Å². The van der Waals surface area contributed by atoms with Gasteiger partial charge in [0.2, 0.25) is 10.0 Å². The van der Waals surface area contributed by atoms with E-state index in [9.17, 15) is 13.2 Å². The highest BCUT2D eigenvalue weighted by molar-refractivity contribution is 7.89. The Morgan fingerprint density at radius 2 is 2.32 bits per heavy atom. The zero-order valence-electron chi connectivity index (χ0n) is 9.55. The number of nitrogens with one attached hydrogen (secondary N) is 1. The quantitative estimate of drug-likeness (QED) is 0.777. The summed E-state index contributed by atoms with van der Waals surface area (Å²) in [6.45, 7) is 0.409. The molecule has 10 heteroatoms. The highest BCUT2D eigenvalue weighted by Gasteiger charge is 2.23. The molecule has 19 heavy (non-hydrogen) atoms. The first-order chi connectivity index (χ1) is 9.00. The fraction of sp³-hybridized carbons (Fsp3) is 0.222. The SMILES string of the molecule is O=C(O)c1sccc1S(=O)(=O)NCCn1ccnn1. The standard InChI is InChI=1S/C9H10N4O4S2/c14-9(15)8-7(1-6-18-8)19(16,17)11-3-5-13-4-2-10-12-13/h1-2,4,6,11H,3,5H2,(H,14,15). The van der Waals surface area contributed by atoms with Crippen LogP contribution in [0.4, 0.5) is 0 Å². The summed E-state index contributed by atoms with van der Waals surface area (Å²) in [6.07, 6.45) is 3.08. The van der Waals surface area contributed by atoms with Crippen molar-refractivity contribution in [3.63, 3.8) is 0 Å². The van der Waals surface area contributed by atoms with Crippen molar-refractivity contribution >= 4 is 27.3 Å². The number of aromatic carboxylic acids is 1. The largest absolute Gasteiger partial charge is 0.477 e. The average molecular weight is 302 g/mol. The van der Waals surface area contributed by atoms with Crippen LogP contribution in [-0.2, 0) is 16.6 Å². The summed E-state index contributed by atoms with van der Waals surface area (Å²) >= 11 is 0.869. The number of nitrogens with zero attached hydrogens (tertiary/aromatic N) is 3. The third kappa shape index (κ3) is 3.16. The molecule has 0 amide bonds. The molecule has 0 unspecified atom stereocenters. The smallest absolute Gasteiger partial charge is 0.347 e. The molecule has 0 aliphatic heterocycles. The van der Waals surface area contributed by atoms with Crippen molar-refractivity contribution in [3.05, 3.63) is 28.7 Å². The van der Waals surface area contributed by atoms with Crippen molar-refractivity contribution in [2.24, 2.45) is 0 Å². The van der Waals surface area contributed by atoms with E-state index < -0.39 is 16.0 Å². The molecular weight excluding hydrogens is 292 g/mol. The molecule has 102 valence electrons. The lowest BCUT2D eigenvalue weighted by Gasteiger charge is -2.06. The van der Waals surface area contributed by atoms with Gasteiger partial charge in [-0.3, -0.25) is 4.68 Å². The molecule has 8 nitrogen and oxygen atoms in total. The lowest BCUT2D eigenvalue weighted by molar-refractivity contribution is 0.0698. The van der Waals surface area contributed by atoms with Crippen molar-refractivity contribution in [2.75, 3.05) is 6.54 Å². The summed E-state index contributed by atoms with van der Waals surface area (Å²) in [5.74, 6) is -1.26. The van der Waals surface area contributed by atoms with Gasteiger partial charge in [0, 0.05) is 12.7 Å². The molecule has 0 aliphatic rings. The van der Waals surface area contributed by atoms with Gasteiger partial charge in [0.25, 0.3) is 0 Å². The van der Waals surface area contributed by atoms with Crippen LogP contribution in [-0.4, -0.2) is 41.0 Å². The Bertz CT molecular complexity index is 662. The molecule has 2 aromatic rings. The second kappa shape index (κ2) is 5.47. The number of hydrogen-bond acceptors (Lipinski definition) is 6. The molecule has 0 aromatic carbocycles. The van der Waals surface area contributed by atoms with Crippen LogP contribution < -0.4 is 4.72 Å². The van der Waals surface area contributed by atoms with Gasteiger partial charge in [-0.1, -0.05) is 5.21 Å². The summed E-state index contributed by atoms with van der Waals surface area (Å²) < 4.78 is 27.7. The van der Waals surface area contributed by atoms with Gasteiger partial charge >= 0.3 is 5.97 Å². The Morgan fingerprint density at radius 3 is 2.95 bits per heavy atom. The Morgan fingerprint density at radius 1 is 1.53 bits per heavy atom. The van der Waals surface area contributed by atoms with E-state index >= 15 is 0 Å². The molecule has 0 fully saturated rings. The van der Waals surface area contributed by atoms with Crippen LogP contribution in [0.1, 0.15) is 9.67 Å². The van der Waals surface area contributed by atoms with Crippen molar-refractivity contribution in [2.45, 2.75) is 11.4 Å². The summed E-state index contributed by atoms with van der Waals surface area (Å²) in [4.78, 5) is 10.5. The number of aromatic nitrogens is 3. The van der Waals surface area contributed by atoms with Crippen LogP contribution in [0.5, 0.6) is 0 Å². The Kier molecular flexibility index (Phi) is 3.93. The predicted molar refractivity (Wildman–Crippen MR) is 66.5 cm³/mol. The van der Waals surface area contributed by atoms with Gasteiger partial charge in [0.05, 0.1) is 12.7 Å². The molecule has 2 aromatic heterocycles. The third-order valence-corrected chi connectivity index (χ3v) is 4.75. The van der Waals surface area contributed by atoms with E-state index in [4.69, 9.17) is 5.11 Å². The van der Waals surface area contributed by atoms with E-state index in [0.717, 1.165) is 11.3 Å². The molecule has 0 atom stereocenters. The second-order valence-corrected chi connectivity index (χ2v) is 6.13. The van der Waals surface area contributed by atoms with Crippen molar-refractivity contribution in [1.82, 2.24) is 19.7 Å². The van der Waals surface area contributed by atoms with Gasteiger partial charge in [-0.2, -0.15) is 0 Å². The number of thiophene rings is 1. The number of carbonyl (C=O) groups is 1. The van der Waals surface area contributed by atoms with E-state index in [1.54, 1.807) is 6.20 Å². The molecule has 2 N–H and O–H groups in total. The minimum atomic E-state index is -3.83. The van der Waals surface area contributed by atoms with Gasteiger partial charge in [0.15, 0.2) is 0 Å². The van der Waals surface area contributed by atoms with Gasteiger partial charge in [-0.15, -0.1) is 16.4 Å². The number of carboxylic acid groups (broad SMARTS) is 1. The van der Waals surface area contributed by atoms with Gasteiger partial charge < -0.3 is 5.11 Å². The third-order valence-electron chi connectivity index (χ3n) is 2.22. The minimum absolute atomic E-state index is 0.0978. The van der Waals surface area contributed by atoms with Crippen LogP contribution in [0.3, 0.4) is 0 Å². The summed E-state index contributed by atoms with van der Waals surface area (Å²) in [5.41, 5.74) is 0. The lowest BCUT2D eigenvalue weighted by Crippen LogP contribution is -2.28. The monoisotopic (exact) mass is 302 g/mol. The first kappa shape index (κ1) is 13.6.